The van der Waals surface area contributed by atoms with Crippen molar-refractivity contribution in [3.8, 4) is 5.88 Å². The molecule has 1 aromatic heterocycles. The lowest BCUT2D eigenvalue weighted by Crippen LogP contribution is -2.20. The van der Waals surface area contributed by atoms with Crippen LogP contribution in [0.2, 0.25) is 0 Å². The molecule has 112 valence electrons. The molecule has 4 heteroatoms. The Morgan fingerprint density at radius 3 is 2.82 bits per heavy atom. The number of hydrogen-bond donors (Lipinski definition) is 0. The molecule has 2 heterocycles. The van der Waals surface area contributed by atoms with Crippen LogP contribution in [0.3, 0.4) is 0 Å². The lowest BCUT2D eigenvalue weighted by Gasteiger charge is -2.17. The van der Waals surface area contributed by atoms with Gasteiger partial charge in [-0.25, -0.2) is 4.98 Å². The first-order chi connectivity index (χ1) is 10.8. The minimum Gasteiger partial charge on any atom is -0.441 e. The van der Waals surface area contributed by atoms with Crippen LogP contribution in [0.25, 0.3) is 0 Å². The van der Waals surface area contributed by atoms with Crippen LogP contribution >= 0.6 is 0 Å². The van der Waals surface area contributed by atoms with Crippen molar-refractivity contribution in [2.24, 2.45) is 4.99 Å². The highest BCUT2D eigenvalue weighted by atomic mass is 16.5. The number of hydrogen-bond acceptors (Lipinski definition) is 4. The average molecular weight is 293 g/mol. The summed E-state index contributed by atoms with van der Waals surface area (Å²) in [5.74, 6) is 1.47. The van der Waals surface area contributed by atoms with Gasteiger partial charge in [-0.05, 0) is 24.7 Å². The fourth-order valence-electron chi connectivity index (χ4n) is 2.33. The maximum absolute atomic E-state index is 5.86. The maximum atomic E-state index is 5.86. The molecule has 1 aliphatic heterocycles. The van der Waals surface area contributed by atoms with Crippen LogP contribution in [0.1, 0.15) is 17.5 Å². The van der Waals surface area contributed by atoms with Crippen molar-refractivity contribution in [1.82, 2.24) is 9.88 Å². The Kier molecular flexibility index (Phi) is 4.61. The van der Waals surface area contributed by atoms with Gasteiger partial charge in [0.15, 0.2) is 0 Å². The number of rotatable bonds is 5. The number of nitrogens with zero attached hydrogens (tertiary/aromatic N) is 3. The van der Waals surface area contributed by atoms with Gasteiger partial charge in [-0.1, -0.05) is 30.3 Å². The highest BCUT2D eigenvalue weighted by molar-refractivity contribution is 5.83. The summed E-state index contributed by atoms with van der Waals surface area (Å²) < 4.78 is 5.86. The SMILES string of the molecule is CN(CCC1=CN=Cc2cccnc2O1)Cc1ccccc1. The summed E-state index contributed by atoms with van der Waals surface area (Å²) in [6.45, 7) is 1.82. The van der Waals surface area contributed by atoms with Crippen LogP contribution in [-0.2, 0) is 6.54 Å². The van der Waals surface area contributed by atoms with Crippen molar-refractivity contribution in [2.45, 2.75) is 13.0 Å². The molecule has 0 bridgehead atoms. The summed E-state index contributed by atoms with van der Waals surface area (Å²) in [7, 11) is 2.11. The van der Waals surface area contributed by atoms with Gasteiger partial charge in [-0.15, -0.1) is 0 Å². The molecule has 0 saturated carbocycles. The summed E-state index contributed by atoms with van der Waals surface area (Å²) in [5, 5.41) is 0. The van der Waals surface area contributed by atoms with Gasteiger partial charge >= 0.3 is 0 Å². The number of ether oxygens (including phenoxy) is 1. The van der Waals surface area contributed by atoms with E-state index in [1.165, 1.54) is 5.56 Å². The molecule has 1 aliphatic rings. The summed E-state index contributed by atoms with van der Waals surface area (Å²) >= 11 is 0. The Bertz CT molecular complexity index is 680. The zero-order valence-electron chi connectivity index (χ0n) is 12.6. The van der Waals surface area contributed by atoms with E-state index in [0.717, 1.165) is 30.8 Å². The summed E-state index contributed by atoms with van der Waals surface area (Å²) in [5.41, 5.74) is 2.22. The van der Waals surface area contributed by atoms with Crippen molar-refractivity contribution in [1.29, 1.82) is 0 Å². The summed E-state index contributed by atoms with van der Waals surface area (Å²) in [4.78, 5) is 10.8. The topological polar surface area (TPSA) is 37.7 Å². The van der Waals surface area contributed by atoms with E-state index < -0.39 is 0 Å². The number of aliphatic imine (C=N–C) groups is 1. The highest BCUT2D eigenvalue weighted by Gasteiger charge is 2.10. The normalized spacial score (nSPS) is 13.3. The molecule has 3 rings (SSSR count). The molecule has 0 unspecified atom stereocenters. The van der Waals surface area contributed by atoms with E-state index in [1.54, 1.807) is 18.6 Å². The molecule has 0 spiro atoms. The minimum absolute atomic E-state index is 0.626. The Hall–Kier alpha value is -2.46. The Labute approximate surface area is 130 Å². The van der Waals surface area contributed by atoms with Crippen molar-refractivity contribution in [3.63, 3.8) is 0 Å². The van der Waals surface area contributed by atoms with Gasteiger partial charge in [-0.3, -0.25) is 4.99 Å². The standard InChI is InChI=1S/C18H19N3O/c1-21(14-15-6-3-2-4-7-15)11-9-17-13-19-12-16-8-5-10-20-18(16)22-17/h2-8,10,12-13H,9,11,14H2,1H3. The van der Waals surface area contributed by atoms with Crippen LogP contribution in [0, 0.1) is 0 Å². The van der Waals surface area contributed by atoms with E-state index in [2.05, 4.69) is 46.2 Å². The molecule has 0 N–H and O–H groups in total. The summed E-state index contributed by atoms with van der Waals surface area (Å²) in [6, 6.07) is 14.3. The van der Waals surface area contributed by atoms with E-state index in [-0.39, 0.29) is 0 Å². The second-order valence-electron chi connectivity index (χ2n) is 5.35. The molecular formula is C18H19N3O. The molecule has 22 heavy (non-hydrogen) atoms. The van der Waals surface area contributed by atoms with E-state index >= 15 is 0 Å². The van der Waals surface area contributed by atoms with Gasteiger partial charge < -0.3 is 9.64 Å². The predicted octanol–water partition coefficient (Wildman–Crippen LogP) is 3.26. The fourth-order valence-corrected chi connectivity index (χ4v) is 2.33. The van der Waals surface area contributed by atoms with E-state index in [4.69, 9.17) is 4.74 Å². The number of pyridine rings is 1. The molecule has 0 radical (unpaired) electrons. The summed E-state index contributed by atoms with van der Waals surface area (Å²) in [6.07, 6.45) is 6.09. The molecule has 1 aromatic carbocycles. The Balaban J connectivity index is 1.56. The first-order valence-electron chi connectivity index (χ1n) is 7.39. The second-order valence-corrected chi connectivity index (χ2v) is 5.35. The molecule has 0 fully saturated rings. The van der Waals surface area contributed by atoms with Crippen LogP contribution in [0.15, 0.2) is 65.6 Å². The van der Waals surface area contributed by atoms with E-state index in [1.807, 2.05) is 18.2 Å². The van der Waals surface area contributed by atoms with Gasteiger partial charge in [0.2, 0.25) is 5.88 Å². The van der Waals surface area contributed by atoms with Crippen molar-refractivity contribution in [3.05, 3.63) is 71.7 Å². The quantitative estimate of drug-likeness (QED) is 0.849. The van der Waals surface area contributed by atoms with Crippen molar-refractivity contribution < 1.29 is 4.74 Å². The van der Waals surface area contributed by atoms with Crippen LogP contribution < -0.4 is 4.74 Å². The van der Waals surface area contributed by atoms with E-state index in [9.17, 15) is 0 Å². The first kappa shape index (κ1) is 14.5. The smallest absolute Gasteiger partial charge is 0.227 e. The van der Waals surface area contributed by atoms with Crippen molar-refractivity contribution in [2.75, 3.05) is 13.6 Å². The van der Waals surface area contributed by atoms with Crippen LogP contribution in [0.5, 0.6) is 5.88 Å². The third kappa shape index (κ3) is 3.80. The zero-order valence-corrected chi connectivity index (χ0v) is 12.6. The molecule has 0 saturated heterocycles. The lowest BCUT2D eigenvalue weighted by molar-refractivity contribution is 0.301. The van der Waals surface area contributed by atoms with Crippen LogP contribution in [0.4, 0.5) is 0 Å². The molecule has 0 atom stereocenters. The Morgan fingerprint density at radius 1 is 1.09 bits per heavy atom. The number of aromatic nitrogens is 1. The third-order valence-electron chi connectivity index (χ3n) is 3.50. The van der Waals surface area contributed by atoms with Gasteiger partial charge in [0.05, 0.1) is 11.8 Å². The minimum atomic E-state index is 0.626. The van der Waals surface area contributed by atoms with Crippen LogP contribution in [-0.4, -0.2) is 29.7 Å². The largest absolute Gasteiger partial charge is 0.441 e. The van der Waals surface area contributed by atoms with Gasteiger partial charge in [0.1, 0.15) is 5.76 Å². The molecule has 0 amide bonds. The van der Waals surface area contributed by atoms with E-state index in [0.29, 0.717) is 5.88 Å². The molecule has 4 nitrogen and oxygen atoms in total. The molecular weight excluding hydrogens is 274 g/mol. The van der Waals surface area contributed by atoms with Gasteiger partial charge in [0, 0.05) is 31.9 Å². The monoisotopic (exact) mass is 293 g/mol. The van der Waals surface area contributed by atoms with Gasteiger partial charge in [-0.2, -0.15) is 0 Å². The maximum Gasteiger partial charge on any atom is 0.227 e. The third-order valence-corrected chi connectivity index (χ3v) is 3.50. The number of benzene rings is 1. The molecule has 2 aromatic rings. The van der Waals surface area contributed by atoms with Crippen molar-refractivity contribution >= 4 is 6.21 Å². The second kappa shape index (κ2) is 7.00. The highest BCUT2D eigenvalue weighted by Crippen LogP contribution is 2.19. The molecule has 0 aliphatic carbocycles. The van der Waals surface area contributed by atoms with Gasteiger partial charge in [0.25, 0.3) is 0 Å². The first-order valence-corrected chi connectivity index (χ1v) is 7.39. The predicted molar refractivity (Wildman–Crippen MR) is 87.9 cm³/mol. The zero-order chi connectivity index (χ0) is 15.2. The number of fused-ring (bicyclic) bond motifs is 1. The average Bonchev–Trinajstić information content (AvgIpc) is 2.76. The fraction of sp³-hybridized carbons (Fsp3) is 0.222. The lowest BCUT2D eigenvalue weighted by atomic mass is 10.2. The Morgan fingerprint density at radius 2 is 1.95 bits per heavy atom.